The van der Waals surface area contributed by atoms with Crippen LogP contribution in [0.15, 0.2) is 18.2 Å². The molecule has 1 aromatic carbocycles. The number of carbonyl (C=O) groups is 1. The van der Waals surface area contributed by atoms with Gasteiger partial charge in [0.05, 0.1) is 12.6 Å². The smallest absolute Gasteiger partial charge is 0.315 e. The lowest BCUT2D eigenvalue weighted by molar-refractivity contribution is 0.185. The summed E-state index contributed by atoms with van der Waals surface area (Å²) in [5.41, 5.74) is 0.164. The average molecular weight is 298 g/mol. The highest BCUT2D eigenvalue weighted by Gasteiger charge is 2.19. The predicted octanol–water partition coefficient (Wildman–Crippen LogP) is 2.75. The van der Waals surface area contributed by atoms with Gasteiger partial charge in [-0.2, -0.15) is 0 Å². The van der Waals surface area contributed by atoms with Crippen LogP contribution in [-0.2, 0) is 4.74 Å². The molecule has 2 rings (SSSR count). The van der Waals surface area contributed by atoms with Gasteiger partial charge in [0, 0.05) is 24.6 Å². The van der Waals surface area contributed by atoms with E-state index in [0.29, 0.717) is 25.5 Å². The van der Waals surface area contributed by atoms with Crippen molar-refractivity contribution in [3.8, 4) is 0 Å². The number of hydrogen-bond donors (Lipinski definition) is 2. The highest BCUT2D eigenvalue weighted by atomic mass is 19.1. The molecule has 1 saturated heterocycles. The van der Waals surface area contributed by atoms with Gasteiger partial charge in [-0.3, -0.25) is 0 Å². The summed E-state index contributed by atoms with van der Waals surface area (Å²) >= 11 is 0. The Morgan fingerprint density at radius 3 is 2.95 bits per heavy atom. The molecule has 0 radical (unpaired) electrons. The lowest BCUT2D eigenvalue weighted by Gasteiger charge is -2.19. The molecule has 2 amide bonds. The van der Waals surface area contributed by atoms with Crippen LogP contribution >= 0.6 is 0 Å². The summed E-state index contributed by atoms with van der Waals surface area (Å²) in [6, 6.07) is 2.32. The van der Waals surface area contributed by atoms with Crippen molar-refractivity contribution in [2.75, 3.05) is 19.8 Å². The summed E-state index contributed by atoms with van der Waals surface area (Å²) in [4.78, 5) is 11.9. The normalized spacial score (nSPS) is 19.3. The fourth-order valence-electron chi connectivity index (χ4n) is 2.37. The first-order valence-corrected chi connectivity index (χ1v) is 7.17. The Morgan fingerprint density at radius 2 is 2.29 bits per heavy atom. The first-order valence-electron chi connectivity index (χ1n) is 7.17. The van der Waals surface area contributed by atoms with E-state index in [2.05, 4.69) is 10.6 Å². The molecule has 2 atom stereocenters. The third-order valence-corrected chi connectivity index (χ3v) is 3.62. The van der Waals surface area contributed by atoms with E-state index in [9.17, 15) is 13.6 Å². The zero-order valence-electron chi connectivity index (χ0n) is 12.0. The minimum absolute atomic E-state index is 0.164. The van der Waals surface area contributed by atoms with Gasteiger partial charge in [0.25, 0.3) is 0 Å². The van der Waals surface area contributed by atoms with E-state index in [1.54, 1.807) is 6.92 Å². The second-order valence-corrected chi connectivity index (χ2v) is 5.21. The van der Waals surface area contributed by atoms with E-state index in [0.717, 1.165) is 31.2 Å². The van der Waals surface area contributed by atoms with E-state index < -0.39 is 17.7 Å². The van der Waals surface area contributed by atoms with Crippen molar-refractivity contribution >= 4 is 6.03 Å². The highest BCUT2D eigenvalue weighted by molar-refractivity contribution is 5.74. The van der Waals surface area contributed by atoms with Gasteiger partial charge in [0.1, 0.15) is 11.6 Å². The molecule has 4 nitrogen and oxygen atoms in total. The summed E-state index contributed by atoms with van der Waals surface area (Å²) in [7, 11) is 0. The molecule has 1 fully saturated rings. The zero-order valence-corrected chi connectivity index (χ0v) is 12.0. The second kappa shape index (κ2) is 7.36. The number of rotatable bonds is 5. The van der Waals surface area contributed by atoms with Crippen molar-refractivity contribution in [3.05, 3.63) is 35.4 Å². The number of nitrogens with one attached hydrogen (secondary N) is 2. The largest absolute Gasteiger partial charge is 0.381 e. The maximum Gasteiger partial charge on any atom is 0.315 e. The minimum Gasteiger partial charge on any atom is -0.381 e. The molecule has 0 spiro atoms. The standard InChI is InChI=1S/C15H20F2N2O2/c1-2-14(12-7-11(16)3-4-13(12)17)19-15(20)18-8-10-5-6-21-9-10/h3-4,7,10,14H,2,5-6,8-9H2,1H3,(H2,18,19,20)/t10-,14+/m0/s1. The van der Waals surface area contributed by atoms with E-state index in [1.165, 1.54) is 0 Å². The molecular weight excluding hydrogens is 278 g/mol. The molecule has 116 valence electrons. The van der Waals surface area contributed by atoms with Gasteiger partial charge in [-0.25, -0.2) is 13.6 Å². The summed E-state index contributed by atoms with van der Waals surface area (Å²) in [5, 5.41) is 5.42. The number of carbonyl (C=O) groups excluding carboxylic acids is 1. The summed E-state index contributed by atoms with van der Waals surface area (Å²) in [5.74, 6) is -0.718. The number of amides is 2. The first-order chi connectivity index (χ1) is 10.1. The summed E-state index contributed by atoms with van der Waals surface area (Å²) in [6.45, 7) is 3.70. The molecule has 0 unspecified atom stereocenters. The van der Waals surface area contributed by atoms with Crippen LogP contribution < -0.4 is 10.6 Å². The number of hydrogen-bond acceptors (Lipinski definition) is 2. The number of urea groups is 1. The van der Waals surface area contributed by atoms with Crippen LogP contribution in [0.3, 0.4) is 0 Å². The zero-order chi connectivity index (χ0) is 15.2. The molecule has 0 saturated carbocycles. The number of ether oxygens (including phenoxy) is 1. The van der Waals surface area contributed by atoms with Gasteiger partial charge < -0.3 is 15.4 Å². The van der Waals surface area contributed by atoms with Crippen LogP contribution in [0, 0.1) is 17.6 Å². The Labute approximate surface area is 122 Å². The van der Waals surface area contributed by atoms with Gasteiger partial charge in [-0.1, -0.05) is 6.92 Å². The van der Waals surface area contributed by atoms with E-state index in [-0.39, 0.29) is 11.6 Å². The maximum absolute atomic E-state index is 13.7. The summed E-state index contributed by atoms with van der Waals surface area (Å²) in [6.07, 6.45) is 1.40. The van der Waals surface area contributed by atoms with Gasteiger partial charge in [-0.15, -0.1) is 0 Å². The van der Waals surface area contributed by atoms with Crippen LogP contribution in [0.4, 0.5) is 13.6 Å². The van der Waals surface area contributed by atoms with Crippen molar-refractivity contribution in [2.45, 2.75) is 25.8 Å². The Morgan fingerprint density at radius 1 is 1.48 bits per heavy atom. The highest BCUT2D eigenvalue weighted by Crippen LogP contribution is 2.21. The Kier molecular flexibility index (Phi) is 5.50. The third kappa shape index (κ3) is 4.39. The number of benzene rings is 1. The first kappa shape index (κ1) is 15.7. The summed E-state index contributed by atoms with van der Waals surface area (Å²) < 4.78 is 32.2. The average Bonchev–Trinajstić information content (AvgIpc) is 2.98. The molecule has 0 aromatic heterocycles. The molecule has 1 aliphatic rings. The predicted molar refractivity (Wildman–Crippen MR) is 74.9 cm³/mol. The molecule has 1 aliphatic heterocycles. The van der Waals surface area contributed by atoms with Crippen molar-refractivity contribution < 1.29 is 18.3 Å². The van der Waals surface area contributed by atoms with Gasteiger partial charge in [-0.05, 0) is 31.0 Å². The molecular formula is C15H20F2N2O2. The van der Waals surface area contributed by atoms with Gasteiger partial charge in [0.15, 0.2) is 0 Å². The molecule has 1 heterocycles. The van der Waals surface area contributed by atoms with Crippen molar-refractivity contribution in [1.82, 2.24) is 10.6 Å². The van der Waals surface area contributed by atoms with Crippen molar-refractivity contribution in [2.24, 2.45) is 5.92 Å². The van der Waals surface area contributed by atoms with E-state index in [4.69, 9.17) is 4.74 Å². The molecule has 0 bridgehead atoms. The SMILES string of the molecule is CC[C@@H](NC(=O)NC[C@@H]1CCOC1)c1cc(F)ccc1F. The van der Waals surface area contributed by atoms with Crippen molar-refractivity contribution in [3.63, 3.8) is 0 Å². The van der Waals surface area contributed by atoms with Crippen LogP contribution in [0.25, 0.3) is 0 Å². The fraction of sp³-hybridized carbons (Fsp3) is 0.533. The molecule has 2 N–H and O–H groups in total. The Balaban J connectivity index is 1.91. The number of halogens is 2. The lowest BCUT2D eigenvalue weighted by Crippen LogP contribution is -2.40. The van der Waals surface area contributed by atoms with E-state index >= 15 is 0 Å². The fourth-order valence-corrected chi connectivity index (χ4v) is 2.37. The topological polar surface area (TPSA) is 50.4 Å². The molecule has 6 heteroatoms. The maximum atomic E-state index is 13.7. The van der Waals surface area contributed by atoms with Crippen molar-refractivity contribution in [1.29, 1.82) is 0 Å². The molecule has 21 heavy (non-hydrogen) atoms. The molecule has 1 aromatic rings. The van der Waals surface area contributed by atoms with Crippen LogP contribution in [-0.4, -0.2) is 25.8 Å². The van der Waals surface area contributed by atoms with Crippen LogP contribution in [0.1, 0.15) is 31.4 Å². The van der Waals surface area contributed by atoms with Gasteiger partial charge in [0.2, 0.25) is 0 Å². The monoisotopic (exact) mass is 298 g/mol. The van der Waals surface area contributed by atoms with Crippen LogP contribution in [0.5, 0.6) is 0 Å². The minimum atomic E-state index is -0.555. The second-order valence-electron chi connectivity index (χ2n) is 5.21. The molecule has 0 aliphatic carbocycles. The quantitative estimate of drug-likeness (QED) is 0.878. The third-order valence-electron chi connectivity index (χ3n) is 3.62. The lowest BCUT2D eigenvalue weighted by atomic mass is 10.0. The van der Waals surface area contributed by atoms with E-state index in [1.807, 2.05) is 0 Å². The Hall–Kier alpha value is -1.69. The van der Waals surface area contributed by atoms with Crippen LogP contribution in [0.2, 0.25) is 0 Å². The van der Waals surface area contributed by atoms with Gasteiger partial charge >= 0.3 is 6.03 Å². The Bertz CT molecular complexity index is 491.